The Morgan fingerprint density at radius 1 is 1.29 bits per heavy atom. The van der Waals surface area contributed by atoms with Gasteiger partial charge in [0, 0.05) is 18.2 Å². The third kappa shape index (κ3) is 1.82. The van der Waals surface area contributed by atoms with E-state index < -0.39 is 0 Å². The second-order valence-electron chi connectivity index (χ2n) is 6.31. The molecule has 0 radical (unpaired) electrons. The summed E-state index contributed by atoms with van der Waals surface area (Å²) in [5.41, 5.74) is 3.00. The SMILES string of the molecule is CC1CCCn2c1nc1c2CC(C(C)C)CC1. The first-order valence-corrected chi connectivity index (χ1v) is 7.25. The molecule has 0 saturated heterocycles. The molecule has 0 fully saturated rings. The fourth-order valence-electron chi connectivity index (χ4n) is 3.54. The highest BCUT2D eigenvalue weighted by molar-refractivity contribution is 5.23. The number of aryl methyl sites for hydroxylation is 1. The fraction of sp³-hybridized carbons (Fsp3) is 0.800. The van der Waals surface area contributed by atoms with Crippen LogP contribution in [0.5, 0.6) is 0 Å². The Labute approximate surface area is 104 Å². The number of hydrogen-bond donors (Lipinski definition) is 0. The van der Waals surface area contributed by atoms with Crippen molar-refractivity contribution in [3.63, 3.8) is 0 Å². The minimum absolute atomic E-state index is 0.673. The molecule has 2 nitrogen and oxygen atoms in total. The normalized spacial score (nSPS) is 28.0. The molecule has 1 aliphatic carbocycles. The van der Waals surface area contributed by atoms with E-state index in [9.17, 15) is 0 Å². The molecule has 0 bridgehead atoms. The van der Waals surface area contributed by atoms with E-state index >= 15 is 0 Å². The molecule has 1 aliphatic heterocycles. The van der Waals surface area contributed by atoms with Crippen LogP contribution in [0.4, 0.5) is 0 Å². The summed E-state index contributed by atoms with van der Waals surface area (Å²) in [7, 11) is 0. The van der Waals surface area contributed by atoms with Crippen LogP contribution in [0, 0.1) is 11.8 Å². The Balaban J connectivity index is 1.96. The van der Waals surface area contributed by atoms with Crippen molar-refractivity contribution in [2.45, 2.75) is 65.3 Å². The third-order valence-electron chi connectivity index (χ3n) is 4.79. The van der Waals surface area contributed by atoms with Gasteiger partial charge in [0.1, 0.15) is 5.82 Å². The van der Waals surface area contributed by atoms with Gasteiger partial charge in [-0.15, -0.1) is 0 Å². The van der Waals surface area contributed by atoms with Gasteiger partial charge in [-0.3, -0.25) is 0 Å². The lowest BCUT2D eigenvalue weighted by molar-refractivity contribution is 0.329. The van der Waals surface area contributed by atoms with Crippen LogP contribution < -0.4 is 0 Å². The number of aromatic nitrogens is 2. The van der Waals surface area contributed by atoms with E-state index in [-0.39, 0.29) is 0 Å². The van der Waals surface area contributed by atoms with Gasteiger partial charge < -0.3 is 4.57 Å². The van der Waals surface area contributed by atoms with Crippen LogP contribution in [0.2, 0.25) is 0 Å². The van der Waals surface area contributed by atoms with Crippen LogP contribution in [0.3, 0.4) is 0 Å². The predicted octanol–water partition coefficient (Wildman–Crippen LogP) is 3.54. The molecule has 0 spiro atoms. The highest BCUT2D eigenvalue weighted by Crippen LogP contribution is 2.35. The van der Waals surface area contributed by atoms with Crippen molar-refractivity contribution in [2.24, 2.45) is 11.8 Å². The quantitative estimate of drug-likeness (QED) is 0.724. The molecular weight excluding hydrogens is 208 g/mol. The molecule has 0 saturated carbocycles. The van der Waals surface area contributed by atoms with E-state index in [0.717, 1.165) is 11.8 Å². The van der Waals surface area contributed by atoms with Crippen LogP contribution in [-0.2, 0) is 19.4 Å². The Hall–Kier alpha value is -0.790. The molecular formula is C15H24N2. The van der Waals surface area contributed by atoms with Gasteiger partial charge in [-0.25, -0.2) is 4.98 Å². The van der Waals surface area contributed by atoms with Gasteiger partial charge in [0.15, 0.2) is 0 Å². The second-order valence-corrected chi connectivity index (χ2v) is 6.31. The highest BCUT2D eigenvalue weighted by atomic mass is 15.1. The molecule has 0 aromatic carbocycles. The van der Waals surface area contributed by atoms with Crippen molar-refractivity contribution in [1.82, 2.24) is 9.55 Å². The van der Waals surface area contributed by atoms with Gasteiger partial charge in [-0.05, 0) is 43.9 Å². The van der Waals surface area contributed by atoms with Gasteiger partial charge in [0.25, 0.3) is 0 Å². The average Bonchev–Trinajstić information content (AvgIpc) is 2.68. The van der Waals surface area contributed by atoms with Crippen LogP contribution >= 0.6 is 0 Å². The fourth-order valence-corrected chi connectivity index (χ4v) is 3.54. The van der Waals surface area contributed by atoms with Crippen molar-refractivity contribution >= 4 is 0 Å². The molecule has 2 unspecified atom stereocenters. The first-order chi connectivity index (χ1) is 8.16. The van der Waals surface area contributed by atoms with Gasteiger partial charge in [-0.2, -0.15) is 0 Å². The molecule has 0 amide bonds. The monoisotopic (exact) mass is 232 g/mol. The smallest absolute Gasteiger partial charge is 0.112 e. The van der Waals surface area contributed by atoms with Crippen LogP contribution in [0.25, 0.3) is 0 Å². The van der Waals surface area contributed by atoms with E-state index in [2.05, 4.69) is 25.3 Å². The van der Waals surface area contributed by atoms with Gasteiger partial charge in [0.2, 0.25) is 0 Å². The van der Waals surface area contributed by atoms with Crippen molar-refractivity contribution in [2.75, 3.05) is 0 Å². The zero-order valence-corrected chi connectivity index (χ0v) is 11.4. The van der Waals surface area contributed by atoms with Crippen LogP contribution in [0.1, 0.15) is 63.2 Å². The van der Waals surface area contributed by atoms with E-state index in [1.54, 1.807) is 5.69 Å². The first kappa shape index (κ1) is 11.3. The summed E-state index contributed by atoms with van der Waals surface area (Å²) in [5.74, 6) is 3.74. The number of nitrogens with zero attached hydrogens (tertiary/aromatic N) is 2. The molecule has 1 aromatic rings. The molecule has 94 valence electrons. The molecule has 2 heteroatoms. The molecule has 2 aliphatic rings. The maximum Gasteiger partial charge on any atom is 0.112 e. The van der Waals surface area contributed by atoms with Crippen LogP contribution in [-0.4, -0.2) is 9.55 Å². The summed E-state index contributed by atoms with van der Waals surface area (Å²) in [4.78, 5) is 4.93. The zero-order valence-electron chi connectivity index (χ0n) is 11.4. The third-order valence-corrected chi connectivity index (χ3v) is 4.79. The summed E-state index contributed by atoms with van der Waals surface area (Å²) in [6, 6.07) is 0. The number of rotatable bonds is 1. The molecule has 3 rings (SSSR count). The maximum atomic E-state index is 4.93. The Kier molecular flexibility index (Phi) is 2.76. The first-order valence-electron chi connectivity index (χ1n) is 7.25. The molecule has 2 heterocycles. The van der Waals surface area contributed by atoms with E-state index in [1.165, 1.54) is 50.2 Å². The zero-order chi connectivity index (χ0) is 12.0. The lowest BCUT2D eigenvalue weighted by Gasteiger charge is -2.27. The van der Waals surface area contributed by atoms with Gasteiger partial charge >= 0.3 is 0 Å². The summed E-state index contributed by atoms with van der Waals surface area (Å²) < 4.78 is 2.55. The standard InChI is InChI=1S/C15H24N2/c1-10(2)12-6-7-13-14(9-12)17-8-4-5-11(3)15(17)16-13/h10-12H,4-9H2,1-3H3. The molecule has 17 heavy (non-hydrogen) atoms. The lowest BCUT2D eigenvalue weighted by atomic mass is 9.82. The summed E-state index contributed by atoms with van der Waals surface area (Å²) in [6.45, 7) is 8.29. The van der Waals surface area contributed by atoms with Crippen LogP contribution in [0.15, 0.2) is 0 Å². The lowest BCUT2D eigenvalue weighted by Crippen LogP contribution is -2.22. The van der Waals surface area contributed by atoms with E-state index in [0.29, 0.717) is 5.92 Å². The number of hydrogen-bond acceptors (Lipinski definition) is 1. The Bertz CT molecular complexity index is 417. The molecule has 0 N–H and O–H groups in total. The second kappa shape index (κ2) is 4.15. The number of imidazole rings is 1. The highest BCUT2D eigenvalue weighted by Gasteiger charge is 2.29. The molecule has 1 aromatic heterocycles. The summed E-state index contributed by atoms with van der Waals surface area (Å²) in [6.07, 6.45) is 6.49. The van der Waals surface area contributed by atoms with Crippen molar-refractivity contribution in [1.29, 1.82) is 0 Å². The Morgan fingerprint density at radius 3 is 2.88 bits per heavy atom. The van der Waals surface area contributed by atoms with Crippen molar-refractivity contribution in [3.05, 3.63) is 17.2 Å². The summed E-state index contributed by atoms with van der Waals surface area (Å²) in [5, 5.41) is 0. The average molecular weight is 232 g/mol. The Morgan fingerprint density at radius 2 is 2.12 bits per heavy atom. The topological polar surface area (TPSA) is 17.8 Å². The summed E-state index contributed by atoms with van der Waals surface area (Å²) >= 11 is 0. The van der Waals surface area contributed by atoms with Gasteiger partial charge in [0.05, 0.1) is 5.69 Å². The van der Waals surface area contributed by atoms with Gasteiger partial charge in [-0.1, -0.05) is 20.8 Å². The molecule has 2 atom stereocenters. The maximum absolute atomic E-state index is 4.93. The van der Waals surface area contributed by atoms with Crippen molar-refractivity contribution < 1.29 is 0 Å². The predicted molar refractivity (Wildman–Crippen MR) is 70.2 cm³/mol. The van der Waals surface area contributed by atoms with E-state index in [1.807, 2.05) is 0 Å². The largest absolute Gasteiger partial charge is 0.332 e. The minimum atomic E-state index is 0.673. The minimum Gasteiger partial charge on any atom is -0.332 e. The number of fused-ring (bicyclic) bond motifs is 3. The van der Waals surface area contributed by atoms with Crippen molar-refractivity contribution in [3.8, 4) is 0 Å². The van der Waals surface area contributed by atoms with E-state index in [4.69, 9.17) is 4.98 Å².